The van der Waals surface area contributed by atoms with E-state index < -0.39 is 0 Å². The first-order valence-corrected chi connectivity index (χ1v) is 6.24. The Bertz CT molecular complexity index is 510. The van der Waals surface area contributed by atoms with Gasteiger partial charge in [0.1, 0.15) is 0 Å². The Morgan fingerprint density at radius 3 is 2.53 bits per heavy atom. The minimum atomic E-state index is 0.731. The molecule has 0 saturated heterocycles. The van der Waals surface area contributed by atoms with Gasteiger partial charge in [0.2, 0.25) is 0 Å². The molecular weight excluding hydrogens is 280 g/mol. The first-order chi connectivity index (χ1) is 8.11. The summed E-state index contributed by atoms with van der Waals surface area (Å²) in [5, 5.41) is 11.3. The number of benzene rings is 1. The summed E-state index contributed by atoms with van der Waals surface area (Å²) in [6, 6.07) is 4.18. The molecular formula is C12H15BrN4. The number of hydrogen-bond acceptors (Lipinski definition) is 3. The van der Waals surface area contributed by atoms with Gasteiger partial charge in [-0.05, 0) is 44.2 Å². The van der Waals surface area contributed by atoms with Crippen LogP contribution in [0.1, 0.15) is 16.8 Å². The Hall–Kier alpha value is -1.20. The molecule has 0 fully saturated rings. The molecule has 0 radical (unpaired) electrons. The Labute approximate surface area is 109 Å². The smallest absolute Gasteiger partial charge is 0.0969 e. The number of halogens is 1. The zero-order valence-corrected chi connectivity index (χ0v) is 11.7. The van der Waals surface area contributed by atoms with Gasteiger partial charge in [-0.15, -0.1) is 5.10 Å². The van der Waals surface area contributed by atoms with Gasteiger partial charge in [-0.25, -0.2) is 4.68 Å². The third-order valence-corrected chi connectivity index (χ3v) is 3.84. The number of nitrogens with one attached hydrogen (secondary N) is 1. The van der Waals surface area contributed by atoms with Crippen molar-refractivity contribution >= 4 is 15.9 Å². The standard InChI is InChI=1S/C12H15BrN4/c1-8-4-11(5-9(2)12(8)13)17-7-10(6-14-3)15-16-17/h4-5,7,14H,6H2,1-3H3. The van der Waals surface area contributed by atoms with Crippen molar-refractivity contribution in [3.8, 4) is 5.69 Å². The Morgan fingerprint density at radius 2 is 1.94 bits per heavy atom. The van der Waals surface area contributed by atoms with Gasteiger partial charge in [-0.1, -0.05) is 21.1 Å². The van der Waals surface area contributed by atoms with E-state index in [2.05, 4.69) is 57.5 Å². The van der Waals surface area contributed by atoms with Crippen molar-refractivity contribution in [2.45, 2.75) is 20.4 Å². The van der Waals surface area contributed by atoms with Crippen LogP contribution in [0, 0.1) is 13.8 Å². The maximum absolute atomic E-state index is 4.13. The maximum atomic E-state index is 4.13. The van der Waals surface area contributed by atoms with E-state index in [1.54, 1.807) is 4.68 Å². The minimum Gasteiger partial charge on any atom is -0.314 e. The highest BCUT2D eigenvalue weighted by Crippen LogP contribution is 2.23. The van der Waals surface area contributed by atoms with Crippen LogP contribution in [-0.4, -0.2) is 22.0 Å². The molecule has 2 rings (SSSR count). The molecule has 5 heteroatoms. The highest BCUT2D eigenvalue weighted by Gasteiger charge is 2.06. The van der Waals surface area contributed by atoms with Gasteiger partial charge in [-0.2, -0.15) is 0 Å². The summed E-state index contributed by atoms with van der Waals surface area (Å²) in [7, 11) is 1.90. The number of rotatable bonds is 3. The van der Waals surface area contributed by atoms with Crippen molar-refractivity contribution in [1.29, 1.82) is 0 Å². The average molecular weight is 295 g/mol. The summed E-state index contributed by atoms with van der Waals surface area (Å²) < 4.78 is 2.95. The first-order valence-electron chi connectivity index (χ1n) is 5.44. The van der Waals surface area contributed by atoms with E-state index in [9.17, 15) is 0 Å². The van der Waals surface area contributed by atoms with Crippen LogP contribution in [0.25, 0.3) is 5.69 Å². The van der Waals surface area contributed by atoms with Crippen molar-refractivity contribution < 1.29 is 0 Å². The van der Waals surface area contributed by atoms with Crippen molar-refractivity contribution in [3.05, 3.63) is 39.6 Å². The van der Waals surface area contributed by atoms with Crippen LogP contribution in [0.3, 0.4) is 0 Å². The Balaban J connectivity index is 2.39. The van der Waals surface area contributed by atoms with Gasteiger partial charge in [-0.3, -0.25) is 0 Å². The largest absolute Gasteiger partial charge is 0.314 e. The quantitative estimate of drug-likeness (QED) is 0.945. The predicted molar refractivity (Wildman–Crippen MR) is 71.3 cm³/mol. The van der Waals surface area contributed by atoms with Crippen LogP contribution in [0.4, 0.5) is 0 Å². The zero-order chi connectivity index (χ0) is 12.4. The van der Waals surface area contributed by atoms with E-state index in [4.69, 9.17) is 0 Å². The van der Waals surface area contributed by atoms with Crippen LogP contribution >= 0.6 is 15.9 Å². The van der Waals surface area contributed by atoms with Gasteiger partial charge in [0.15, 0.2) is 0 Å². The fourth-order valence-electron chi connectivity index (χ4n) is 1.74. The fraction of sp³-hybridized carbons (Fsp3) is 0.333. The van der Waals surface area contributed by atoms with Crippen LogP contribution in [-0.2, 0) is 6.54 Å². The van der Waals surface area contributed by atoms with E-state index >= 15 is 0 Å². The normalized spacial score (nSPS) is 10.8. The summed E-state index contributed by atoms with van der Waals surface area (Å²) in [6.45, 7) is 4.88. The lowest BCUT2D eigenvalue weighted by atomic mass is 10.1. The molecule has 1 aromatic carbocycles. The first kappa shape index (κ1) is 12.3. The van der Waals surface area contributed by atoms with Crippen LogP contribution in [0.2, 0.25) is 0 Å². The van der Waals surface area contributed by atoms with E-state index in [1.165, 1.54) is 11.1 Å². The Morgan fingerprint density at radius 1 is 1.29 bits per heavy atom. The molecule has 4 nitrogen and oxygen atoms in total. The molecule has 0 aliphatic carbocycles. The van der Waals surface area contributed by atoms with Crippen molar-refractivity contribution in [2.75, 3.05) is 7.05 Å². The van der Waals surface area contributed by atoms with Crippen molar-refractivity contribution in [3.63, 3.8) is 0 Å². The van der Waals surface area contributed by atoms with Gasteiger partial charge in [0.25, 0.3) is 0 Å². The molecule has 0 aliphatic heterocycles. The molecule has 1 heterocycles. The van der Waals surface area contributed by atoms with Gasteiger partial charge < -0.3 is 5.32 Å². The molecule has 1 aromatic heterocycles. The average Bonchev–Trinajstić information content (AvgIpc) is 2.74. The second kappa shape index (κ2) is 4.98. The van der Waals surface area contributed by atoms with E-state index in [0.29, 0.717) is 0 Å². The van der Waals surface area contributed by atoms with Crippen LogP contribution in [0.5, 0.6) is 0 Å². The Kier molecular flexibility index (Phi) is 3.59. The van der Waals surface area contributed by atoms with Gasteiger partial charge in [0, 0.05) is 11.0 Å². The summed E-state index contributed by atoms with van der Waals surface area (Å²) >= 11 is 3.56. The number of aromatic nitrogens is 3. The third kappa shape index (κ3) is 2.56. The summed E-state index contributed by atoms with van der Waals surface area (Å²) in [5.41, 5.74) is 4.38. The molecule has 0 bridgehead atoms. The SMILES string of the molecule is CNCc1cn(-c2cc(C)c(Br)c(C)c2)nn1. The van der Waals surface area contributed by atoms with Crippen molar-refractivity contribution in [1.82, 2.24) is 20.3 Å². The summed E-state index contributed by atoms with van der Waals surface area (Å²) in [6.07, 6.45) is 1.94. The highest BCUT2D eigenvalue weighted by atomic mass is 79.9. The highest BCUT2D eigenvalue weighted by molar-refractivity contribution is 9.10. The maximum Gasteiger partial charge on any atom is 0.0969 e. The minimum absolute atomic E-state index is 0.731. The number of hydrogen-bond donors (Lipinski definition) is 1. The second-order valence-corrected chi connectivity index (χ2v) is 4.87. The monoisotopic (exact) mass is 294 g/mol. The third-order valence-electron chi connectivity index (χ3n) is 2.58. The molecule has 0 saturated carbocycles. The molecule has 2 aromatic rings. The number of nitrogens with zero attached hydrogens (tertiary/aromatic N) is 3. The molecule has 90 valence electrons. The predicted octanol–water partition coefficient (Wildman–Crippen LogP) is 2.37. The van der Waals surface area contributed by atoms with E-state index in [0.717, 1.165) is 22.4 Å². The molecule has 0 aliphatic rings. The second-order valence-electron chi connectivity index (χ2n) is 4.08. The molecule has 0 spiro atoms. The molecule has 0 atom stereocenters. The van der Waals surface area contributed by atoms with E-state index in [1.807, 2.05) is 13.2 Å². The lowest BCUT2D eigenvalue weighted by molar-refractivity contribution is 0.766. The van der Waals surface area contributed by atoms with Crippen molar-refractivity contribution in [2.24, 2.45) is 0 Å². The topological polar surface area (TPSA) is 42.7 Å². The lowest BCUT2D eigenvalue weighted by Gasteiger charge is -2.07. The van der Waals surface area contributed by atoms with Crippen LogP contribution < -0.4 is 5.32 Å². The van der Waals surface area contributed by atoms with Crippen LogP contribution in [0.15, 0.2) is 22.8 Å². The van der Waals surface area contributed by atoms with E-state index in [-0.39, 0.29) is 0 Å². The summed E-state index contributed by atoms with van der Waals surface area (Å²) in [5.74, 6) is 0. The zero-order valence-electron chi connectivity index (χ0n) is 10.2. The molecule has 0 amide bonds. The lowest BCUT2D eigenvalue weighted by Crippen LogP contribution is -2.05. The molecule has 0 unspecified atom stereocenters. The summed E-state index contributed by atoms with van der Waals surface area (Å²) in [4.78, 5) is 0. The fourth-order valence-corrected chi connectivity index (χ4v) is 1.97. The molecule has 1 N–H and O–H groups in total. The van der Waals surface area contributed by atoms with Gasteiger partial charge >= 0.3 is 0 Å². The molecule has 17 heavy (non-hydrogen) atoms. The number of aryl methyl sites for hydroxylation is 2. The van der Waals surface area contributed by atoms with Gasteiger partial charge in [0.05, 0.1) is 17.6 Å².